The summed E-state index contributed by atoms with van der Waals surface area (Å²) >= 11 is 2.86. The van der Waals surface area contributed by atoms with E-state index in [1.54, 1.807) is 11.3 Å². The largest absolute Gasteiger partial charge is 0.416 e. The number of hydrogen-bond donors (Lipinski definition) is 1. The quantitative estimate of drug-likeness (QED) is 0.819. The summed E-state index contributed by atoms with van der Waals surface area (Å²) in [4.78, 5) is 15.9. The minimum Gasteiger partial charge on any atom is -0.416 e. The first kappa shape index (κ1) is 13.6. The second-order valence-electron chi connectivity index (χ2n) is 4.63. The van der Waals surface area contributed by atoms with Crippen molar-refractivity contribution in [2.75, 3.05) is 5.75 Å². The summed E-state index contributed by atoms with van der Waals surface area (Å²) in [5, 5.41) is 14.2. The zero-order chi connectivity index (χ0) is 13.9. The van der Waals surface area contributed by atoms with Gasteiger partial charge in [-0.15, -0.1) is 21.5 Å². The molecule has 1 fully saturated rings. The van der Waals surface area contributed by atoms with Gasteiger partial charge in [0.1, 0.15) is 0 Å². The maximum Gasteiger partial charge on any atom is 0.277 e. The highest BCUT2D eigenvalue weighted by atomic mass is 32.2. The number of nitrogens with one attached hydrogen (secondary N) is 1. The molecule has 0 unspecified atom stereocenters. The van der Waals surface area contributed by atoms with Crippen LogP contribution in [0.15, 0.2) is 15.0 Å². The molecule has 2 aromatic rings. The standard InChI is InChI=1S/C12H14N4O2S2/c1-7-13-9(5-19-7)4-11-15-16-12(18-11)20-6-10(17)14-8-2-3-8/h5,8H,2-4,6H2,1H3,(H,14,17). The van der Waals surface area contributed by atoms with Crippen LogP contribution < -0.4 is 5.32 Å². The molecule has 2 heterocycles. The van der Waals surface area contributed by atoms with E-state index in [9.17, 15) is 4.79 Å². The molecule has 3 rings (SSSR count). The summed E-state index contributed by atoms with van der Waals surface area (Å²) in [5.74, 6) is 0.862. The van der Waals surface area contributed by atoms with Gasteiger partial charge in [-0.1, -0.05) is 11.8 Å². The Bertz CT molecular complexity index is 606. The molecular formula is C12H14N4O2S2. The Morgan fingerprint density at radius 2 is 2.40 bits per heavy atom. The van der Waals surface area contributed by atoms with E-state index in [2.05, 4.69) is 20.5 Å². The fourth-order valence-electron chi connectivity index (χ4n) is 1.64. The Hall–Kier alpha value is -1.41. The molecule has 1 aliphatic rings. The number of carbonyl (C=O) groups excluding carboxylic acids is 1. The molecule has 0 aromatic carbocycles. The molecule has 0 bridgehead atoms. The van der Waals surface area contributed by atoms with Crippen LogP contribution in [-0.2, 0) is 11.2 Å². The summed E-state index contributed by atoms with van der Waals surface area (Å²) in [5.41, 5.74) is 0.930. The molecule has 8 heteroatoms. The van der Waals surface area contributed by atoms with Crippen molar-refractivity contribution in [3.63, 3.8) is 0 Å². The molecule has 106 valence electrons. The number of aryl methyl sites for hydroxylation is 1. The van der Waals surface area contributed by atoms with Crippen molar-refractivity contribution >= 4 is 29.0 Å². The van der Waals surface area contributed by atoms with E-state index in [-0.39, 0.29) is 5.91 Å². The lowest BCUT2D eigenvalue weighted by molar-refractivity contribution is -0.118. The van der Waals surface area contributed by atoms with E-state index in [1.165, 1.54) is 11.8 Å². The molecule has 1 aliphatic carbocycles. The molecule has 0 aliphatic heterocycles. The molecule has 20 heavy (non-hydrogen) atoms. The van der Waals surface area contributed by atoms with Crippen LogP contribution in [0.5, 0.6) is 0 Å². The van der Waals surface area contributed by atoms with Crippen LogP contribution in [0.2, 0.25) is 0 Å². The van der Waals surface area contributed by atoms with Crippen molar-refractivity contribution in [3.05, 3.63) is 22.0 Å². The predicted molar refractivity (Wildman–Crippen MR) is 75.8 cm³/mol. The van der Waals surface area contributed by atoms with Gasteiger partial charge in [-0.2, -0.15) is 0 Å². The number of nitrogens with zero attached hydrogens (tertiary/aromatic N) is 3. The molecule has 1 N–H and O–H groups in total. The van der Waals surface area contributed by atoms with Crippen molar-refractivity contribution in [2.24, 2.45) is 0 Å². The first-order valence-electron chi connectivity index (χ1n) is 6.34. The second-order valence-corrected chi connectivity index (χ2v) is 6.62. The van der Waals surface area contributed by atoms with E-state index in [1.807, 2.05) is 12.3 Å². The number of rotatable bonds is 6. The van der Waals surface area contributed by atoms with E-state index in [0.717, 1.165) is 23.5 Å². The van der Waals surface area contributed by atoms with E-state index in [4.69, 9.17) is 4.42 Å². The summed E-state index contributed by atoms with van der Waals surface area (Å²) in [6.07, 6.45) is 2.72. The van der Waals surface area contributed by atoms with Gasteiger partial charge in [-0.3, -0.25) is 4.79 Å². The molecule has 0 radical (unpaired) electrons. The van der Waals surface area contributed by atoms with Crippen LogP contribution in [0.1, 0.15) is 29.4 Å². The van der Waals surface area contributed by atoms with Crippen molar-refractivity contribution in [2.45, 2.75) is 37.5 Å². The highest BCUT2D eigenvalue weighted by Crippen LogP contribution is 2.21. The molecular weight excluding hydrogens is 296 g/mol. The normalized spacial score (nSPS) is 14.4. The van der Waals surface area contributed by atoms with Gasteiger partial charge in [0.25, 0.3) is 5.22 Å². The molecule has 0 spiro atoms. The topological polar surface area (TPSA) is 80.9 Å². The van der Waals surface area contributed by atoms with Crippen molar-refractivity contribution in [1.29, 1.82) is 0 Å². The van der Waals surface area contributed by atoms with Crippen LogP contribution in [0.25, 0.3) is 0 Å². The third-order valence-corrected chi connectivity index (χ3v) is 4.36. The molecule has 1 amide bonds. The number of thioether (sulfide) groups is 1. The average molecular weight is 310 g/mol. The van der Waals surface area contributed by atoms with E-state index < -0.39 is 0 Å². The molecule has 6 nitrogen and oxygen atoms in total. The summed E-state index contributed by atoms with van der Waals surface area (Å²) in [6.45, 7) is 1.96. The average Bonchev–Trinajstić information content (AvgIpc) is 2.95. The van der Waals surface area contributed by atoms with E-state index in [0.29, 0.717) is 29.3 Å². The Balaban J connectivity index is 1.49. The third kappa shape index (κ3) is 3.80. The first-order valence-corrected chi connectivity index (χ1v) is 8.21. The number of carbonyl (C=O) groups is 1. The smallest absolute Gasteiger partial charge is 0.277 e. The number of thiazole rings is 1. The van der Waals surface area contributed by atoms with Gasteiger partial charge in [-0.05, 0) is 19.8 Å². The minimum atomic E-state index is 0.0207. The first-order chi connectivity index (χ1) is 9.69. The fraction of sp³-hybridized carbons (Fsp3) is 0.500. The molecule has 0 saturated heterocycles. The van der Waals surface area contributed by atoms with Gasteiger partial charge < -0.3 is 9.73 Å². The van der Waals surface area contributed by atoms with Gasteiger partial charge in [0.05, 0.1) is 22.9 Å². The van der Waals surface area contributed by atoms with Crippen LogP contribution in [-0.4, -0.2) is 32.9 Å². The SMILES string of the molecule is Cc1nc(Cc2nnc(SCC(=O)NC3CC3)o2)cs1. The third-order valence-electron chi connectivity index (χ3n) is 2.72. The number of amides is 1. The Morgan fingerprint density at radius 1 is 1.55 bits per heavy atom. The van der Waals surface area contributed by atoms with Crippen LogP contribution in [0, 0.1) is 6.92 Å². The highest BCUT2D eigenvalue weighted by molar-refractivity contribution is 7.99. The zero-order valence-electron chi connectivity index (χ0n) is 11.0. The molecule has 2 aromatic heterocycles. The van der Waals surface area contributed by atoms with Crippen LogP contribution in [0.4, 0.5) is 0 Å². The zero-order valence-corrected chi connectivity index (χ0v) is 12.6. The summed E-state index contributed by atoms with van der Waals surface area (Å²) < 4.78 is 5.49. The van der Waals surface area contributed by atoms with Gasteiger partial charge in [0.15, 0.2) is 0 Å². The highest BCUT2D eigenvalue weighted by Gasteiger charge is 2.23. The lowest BCUT2D eigenvalue weighted by atomic mass is 10.3. The van der Waals surface area contributed by atoms with Crippen LogP contribution in [0.3, 0.4) is 0 Å². The monoisotopic (exact) mass is 310 g/mol. The lowest BCUT2D eigenvalue weighted by Gasteiger charge is -1.99. The van der Waals surface area contributed by atoms with Gasteiger partial charge >= 0.3 is 0 Å². The Labute approximate surface area is 124 Å². The lowest BCUT2D eigenvalue weighted by Crippen LogP contribution is -2.26. The molecule has 0 atom stereocenters. The number of aromatic nitrogens is 3. The summed E-state index contributed by atoms with van der Waals surface area (Å²) in [7, 11) is 0. The molecule has 1 saturated carbocycles. The van der Waals surface area contributed by atoms with Crippen molar-refractivity contribution < 1.29 is 9.21 Å². The summed E-state index contributed by atoms with van der Waals surface area (Å²) in [6, 6.07) is 0.384. The maximum absolute atomic E-state index is 11.5. The van der Waals surface area contributed by atoms with Crippen molar-refractivity contribution in [1.82, 2.24) is 20.5 Å². The van der Waals surface area contributed by atoms with Gasteiger partial charge in [0, 0.05) is 11.4 Å². The fourth-order valence-corrected chi connectivity index (χ4v) is 2.84. The van der Waals surface area contributed by atoms with Crippen molar-refractivity contribution in [3.8, 4) is 0 Å². The number of hydrogen-bond acceptors (Lipinski definition) is 7. The Kier molecular flexibility index (Phi) is 4.02. The van der Waals surface area contributed by atoms with Crippen LogP contribution >= 0.6 is 23.1 Å². The predicted octanol–water partition coefficient (Wildman–Crippen LogP) is 1.80. The second kappa shape index (κ2) is 5.92. The Morgan fingerprint density at radius 3 is 3.10 bits per heavy atom. The minimum absolute atomic E-state index is 0.0207. The van der Waals surface area contributed by atoms with Gasteiger partial charge in [0.2, 0.25) is 11.8 Å². The van der Waals surface area contributed by atoms with E-state index >= 15 is 0 Å². The maximum atomic E-state index is 11.5. The van der Waals surface area contributed by atoms with Gasteiger partial charge in [-0.25, -0.2) is 4.98 Å².